The summed E-state index contributed by atoms with van der Waals surface area (Å²) in [4.78, 5) is 0. The van der Waals surface area contributed by atoms with E-state index in [1.807, 2.05) is 20.8 Å². The molecule has 2 rings (SSSR count). The summed E-state index contributed by atoms with van der Waals surface area (Å²) in [5.74, 6) is -0.585. The lowest BCUT2D eigenvalue weighted by Gasteiger charge is -2.20. The van der Waals surface area contributed by atoms with Gasteiger partial charge in [0.15, 0.2) is 0 Å². The summed E-state index contributed by atoms with van der Waals surface area (Å²) >= 11 is 0. The fraction of sp³-hybridized carbons (Fsp3) is 0.400. The summed E-state index contributed by atoms with van der Waals surface area (Å²) in [6.07, 6.45) is -1.38. The molecule has 0 saturated heterocycles. The molecule has 3 nitrogen and oxygen atoms in total. The zero-order valence-electron chi connectivity index (χ0n) is 12.2. The first-order chi connectivity index (χ1) is 9.79. The highest BCUT2D eigenvalue weighted by Crippen LogP contribution is 2.27. The molecule has 0 radical (unpaired) electrons. The molecule has 0 atom stereocenters. The number of para-hydroxylation sites is 1. The van der Waals surface area contributed by atoms with Gasteiger partial charge in [-0.2, -0.15) is 5.10 Å². The summed E-state index contributed by atoms with van der Waals surface area (Å²) in [6.45, 7) is 6.07. The third-order valence-electron chi connectivity index (χ3n) is 2.98. The molecule has 0 saturated carbocycles. The second-order valence-corrected chi connectivity index (χ2v) is 5.82. The number of benzene rings is 1. The highest BCUT2D eigenvalue weighted by Gasteiger charge is 2.23. The van der Waals surface area contributed by atoms with Gasteiger partial charge in [0.05, 0.1) is 6.20 Å². The molecule has 1 aromatic carbocycles. The molecule has 114 valence electrons. The van der Waals surface area contributed by atoms with Gasteiger partial charge in [0, 0.05) is 17.6 Å². The lowest BCUT2D eigenvalue weighted by molar-refractivity contribution is 0.141. The Labute approximate surface area is 121 Å². The zero-order chi connectivity index (χ0) is 15.6. The Balaban J connectivity index is 2.40. The Morgan fingerprint density at radius 1 is 1.24 bits per heavy atom. The van der Waals surface area contributed by atoms with Crippen LogP contribution in [0.5, 0.6) is 0 Å². The molecule has 0 unspecified atom stereocenters. The molecule has 0 amide bonds. The van der Waals surface area contributed by atoms with Crippen LogP contribution < -0.4 is 5.32 Å². The molecule has 1 heterocycles. The minimum atomic E-state index is -2.73. The number of alkyl halides is 2. The van der Waals surface area contributed by atoms with Crippen LogP contribution in [0.3, 0.4) is 0 Å². The van der Waals surface area contributed by atoms with Crippen molar-refractivity contribution in [3.8, 4) is 5.69 Å². The van der Waals surface area contributed by atoms with E-state index in [1.165, 1.54) is 24.4 Å². The molecule has 1 aromatic heterocycles. The van der Waals surface area contributed by atoms with Crippen LogP contribution in [0, 0.1) is 5.82 Å². The lowest BCUT2D eigenvalue weighted by Crippen LogP contribution is -2.35. The lowest BCUT2D eigenvalue weighted by atomic mass is 10.1. The average molecular weight is 297 g/mol. The number of aromatic nitrogens is 2. The second kappa shape index (κ2) is 5.89. The molecule has 0 aliphatic carbocycles. The Kier molecular flexibility index (Phi) is 4.37. The minimum Gasteiger partial charge on any atom is -0.308 e. The maximum absolute atomic E-state index is 13.8. The summed E-state index contributed by atoms with van der Waals surface area (Å²) in [6, 6.07) is 5.74. The van der Waals surface area contributed by atoms with Crippen LogP contribution >= 0.6 is 0 Å². The fourth-order valence-corrected chi connectivity index (χ4v) is 1.94. The molecule has 21 heavy (non-hydrogen) atoms. The number of halogens is 3. The highest BCUT2D eigenvalue weighted by molar-refractivity contribution is 5.37. The zero-order valence-corrected chi connectivity index (χ0v) is 12.2. The first-order valence-electron chi connectivity index (χ1n) is 6.64. The van der Waals surface area contributed by atoms with E-state index in [-0.39, 0.29) is 23.5 Å². The van der Waals surface area contributed by atoms with Crippen molar-refractivity contribution in [3.05, 3.63) is 47.5 Å². The Bertz CT molecular complexity index is 615. The summed E-state index contributed by atoms with van der Waals surface area (Å²) < 4.78 is 41.4. The quantitative estimate of drug-likeness (QED) is 0.929. The molecule has 0 spiro atoms. The van der Waals surface area contributed by atoms with E-state index in [0.717, 1.165) is 4.68 Å². The van der Waals surface area contributed by atoms with Crippen molar-refractivity contribution in [1.29, 1.82) is 0 Å². The number of nitrogens with zero attached hydrogens (tertiary/aromatic N) is 2. The molecule has 0 aliphatic heterocycles. The van der Waals surface area contributed by atoms with E-state index in [1.54, 1.807) is 6.07 Å². The van der Waals surface area contributed by atoms with Crippen molar-refractivity contribution >= 4 is 0 Å². The van der Waals surface area contributed by atoms with Crippen molar-refractivity contribution in [2.24, 2.45) is 0 Å². The smallest absolute Gasteiger partial charge is 0.280 e. The van der Waals surface area contributed by atoms with Gasteiger partial charge in [-0.15, -0.1) is 0 Å². The van der Waals surface area contributed by atoms with Crippen molar-refractivity contribution in [1.82, 2.24) is 15.1 Å². The topological polar surface area (TPSA) is 29.9 Å². The van der Waals surface area contributed by atoms with Gasteiger partial charge in [-0.25, -0.2) is 17.9 Å². The number of hydrogen-bond donors (Lipinski definition) is 1. The van der Waals surface area contributed by atoms with Crippen LogP contribution in [-0.4, -0.2) is 15.3 Å². The second-order valence-electron chi connectivity index (χ2n) is 5.82. The van der Waals surface area contributed by atoms with Gasteiger partial charge in [-0.1, -0.05) is 12.1 Å². The van der Waals surface area contributed by atoms with Gasteiger partial charge in [-0.3, -0.25) is 0 Å². The normalized spacial score (nSPS) is 12.1. The predicted octanol–water partition coefficient (Wildman–Crippen LogP) is 3.84. The number of rotatable bonds is 4. The van der Waals surface area contributed by atoms with Crippen molar-refractivity contribution in [2.75, 3.05) is 0 Å². The van der Waals surface area contributed by atoms with E-state index >= 15 is 0 Å². The van der Waals surface area contributed by atoms with Crippen molar-refractivity contribution < 1.29 is 13.2 Å². The van der Waals surface area contributed by atoms with Crippen molar-refractivity contribution in [2.45, 2.75) is 39.3 Å². The largest absolute Gasteiger partial charge is 0.308 e. The van der Waals surface area contributed by atoms with Crippen LogP contribution in [0.25, 0.3) is 5.69 Å². The Morgan fingerprint density at radius 2 is 1.90 bits per heavy atom. The van der Waals surface area contributed by atoms with Gasteiger partial charge in [0.25, 0.3) is 6.43 Å². The fourth-order valence-electron chi connectivity index (χ4n) is 1.94. The highest BCUT2D eigenvalue weighted by atomic mass is 19.3. The first kappa shape index (κ1) is 15.6. The van der Waals surface area contributed by atoms with Crippen LogP contribution in [0.2, 0.25) is 0 Å². The summed E-state index contributed by atoms with van der Waals surface area (Å²) in [7, 11) is 0. The van der Waals surface area contributed by atoms with Gasteiger partial charge in [0.1, 0.15) is 17.2 Å². The van der Waals surface area contributed by atoms with E-state index in [2.05, 4.69) is 10.4 Å². The average Bonchev–Trinajstić information content (AvgIpc) is 2.80. The van der Waals surface area contributed by atoms with Crippen molar-refractivity contribution in [3.63, 3.8) is 0 Å². The minimum absolute atomic E-state index is 0.0230. The third-order valence-corrected chi connectivity index (χ3v) is 2.98. The van der Waals surface area contributed by atoms with E-state index < -0.39 is 12.2 Å². The Morgan fingerprint density at radius 3 is 2.48 bits per heavy atom. The van der Waals surface area contributed by atoms with Crippen LogP contribution in [0.15, 0.2) is 30.5 Å². The molecule has 0 bridgehead atoms. The van der Waals surface area contributed by atoms with Gasteiger partial charge in [-0.05, 0) is 32.9 Å². The molecule has 0 aliphatic rings. The molecule has 1 N–H and O–H groups in total. The predicted molar refractivity (Wildman–Crippen MR) is 75.1 cm³/mol. The van der Waals surface area contributed by atoms with E-state index in [0.29, 0.717) is 5.56 Å². The molecule has 2 aromatic rings. The van der Waals surface area contributed by atoms with Crippen LogP contribution in [0.4, 0.5) is 13.2 Å². The van der Waals surface area contributed by atoms with E-state index in [4.69, 9.17) is 0 Å². The SMILES string of the molecule is CC(C)(C)NCc1cnn(-c2ccccc2F)c1C(F)F. The van der Waals surface area contributed by atoms with E-state index in [9.17, 15) is 13.2 Å². The number of hydrogen-bond acceptors (Lipinski definition) is 2. The summed E-state index contributed by atoms with van der Waals surface area (Å²) in [5, 5.41) is 7.06. The third kappa shape index (κ3) is 3.64. The molecular weight excluding hydrogens is 279 g/mol. The maximum Gasteiger partial charge on any atom is 0.280 e. The van der Waals surface area contributed by atoms with Gasteiger partial charge < -0.3 is 5.32 Å². The van der Waals surface area contributed by atoms with Gasteiger partial charge in [0.2, 0.25) is 0 Å². The standard InChI is InChI=1S/C15H18F3N3/c1-15(2,3)19-8-10-9-20-21(13(10)14(17)18)12-7-5-4-6-11(12)16/h4-7,9,14,19H,8H2,1-3H3. The summed E-state index contributed by atoms with van der Waals surface area (Å²) in [5.41, 5.74) is -0.103. The van der Waals surface area contributed by atoms with Gasteiger partial charge >= 0.3 is 0 Å². The van der Waals surface area contributed by atoms with Crippen LogP contribution in [0.1, 0.15) is 38.5 Å². The first-order valence-corrected chi connectivity index (χ1v) is 6.64. The van der Waals surface area contributed by atoms with Crippen LogP contribution in [-0.2, 0) is 6.54 Å². The molecule has 6 heteroatoms. The number of nitrogens with one attached hydrogen (secondary N) is 1. The maximum atomic E-state index is 13.8. The Hall–Kier alpha value is -1.82. The molecule has 0 fully saturated rings. The monoisotopic (exact) mass is 297 g/mol. The molecular formula is C15H18F3N3.